The van der Waals surface area contributed by atoms with Crippen LogP contribution < -0.4 is 9.64 Å². The molecular formula is C21H22I2N2O5. The van der Waals surface area contributed by atoms with E-state index in [0.717, 1.165) is 5.69 Å². The Kier molecular flexibility index (Phi) is 7.00. The van der Waals surface area contributed by atoms with Gasteiger partial charge >= 0.3 is 5.97 Å². The molecule has 2 N–H and O–H groups in total. The predicted molar refractivity (Wildman–Crippen MR) is 130 cm³/mol. The summed E-state index contributed by atoms with van der Waals surface area (Å²) in [6, 6.07) is 10.7. The van der Waals surface area contributed by atoms with Crippen LogP contribution in [0.15, 0.2) is 36.4 Å². The number of halogens is 2. The van der Waals surface area contributed by atoms with E-state index < -0.39 is 11.6 Å². The number of carbonyl (C=O) groups is 2. The van der Waals surface area contributed by atoms with Crippen molar-refractivity contribution in [3.63, 3.8) is 0 Å². The van der Waals surface area contributed by atoms with Gasteiger partial charge in [-0.3, -0.25) is 4.79 Å². The smallest absolute Gasteiger partial charge is 0.347 e. The van der Waals surface area contributed by atoms with Gasteiger partial charge in [0.25, 0.3) is 5.91 Å². The largest absolute Gasteiger partial charge is 0.506 e. The lowest BCUT2D eigenvalue weighted by Crippen LogP contribution is -2.48. The van der Waals surface area contributed by atoms with E-state index >= 15 is 0 Å². The van der Waals surface area contributed by atoms with E-state index in [9.17, 15) is 19.8 Å². The van der Waals surface area contributed by atoms with Gasteiger partial charge in [0.2, 0.25) is 0 Å². The molecule has 0 unspecified atom stereocenters. The van der Waals surface area contributed by atoms with Crippen molar-refractivity contribution in [1.29, 1.82) is 0 Å². The molecule has 7 nitrogen and oxygen atoms in total. The minimum Gasteiger partial charge on any atom is -0.506 e. The highest BCUT2D eigenvalue weighted by Gasteiger charge is 2.29. The molecule has 0 saturated carbocycles. The molecule has 9 heteroatoms. The van der Waals surface area contributed by atoms with E-state index in [-0.39, 0.29) is 11.7 Å². The van der Waals surface area contributed by atoms with Gasteiger partial charge in [-0.15, -0.1) is 0 Å². The minimum absolute atomic E-state index is 0.0369. The molecule has 3 rings (SSSR count). The van der Waals surface area contributed by atoms with E-state index in [1.54, 1.807) is 24.3 Å². The summed E-state index contributed by atoms with van der Waals surface area (Å²) in [5, 5.41) is 19.1. The topological polar surface area (TPSA) is 90.3 Å². The van der Waals surface area contributed by atoms with Gasteiger partial charge in [-0.25, -0.2) is 4.79 Å². The summed E-state index contributed by atoms with van der Waals surface area (Å²) in [6.07, 6.45) is 0. The Labute approximate surface area is 202 Å². The first-order valence-electron chi connectivity index (χ1n) is 9.33. The van der Waals surface area contributed by atoms with Crippen molar-refractivity contribution in [2.45, 2.75) is 19.4 Å². The molecule has 0 bridgehead atoms. The number of carboxylic acids is 1. The number of aromatic hydroxyl groups is 1. The van der Waals surface area contributed by atoms with Crippen molar-refractivity contribution in [3.05, 3.63) is 49.1 Å². The number of amides is 1. The predicted octanol–water partition coefficient (Wildman–Crippen LogP) is 3.81. The van der Waals surface area contributed by atoms with E-state index in [0.29, 0.717) is 44.6 Å². The monoisotopic (exact) mass is 636 g/mol. The molecule has 1 aliphatic heterocycles. The number of rotatable bonds is 5. The molecular weight excluding hydrogens is 614 g/mol. The highest BCUT2D eigenvalue weighted by molar-refractivity contribution is 14.1. The van der Waals surface area contributed by atoms with Crippen LogP contribution in [0.5, 0.6) is 11.5 Å². The second-order valence-corrected chi connectivity index (χ2v) is 9.80. The fourth-order valence-corrected chi connectivity index (χ4v) is 4.87. The molecule has 0 spiro atoms. The maximum atomic E-state index is 12.8. The van der Waals surface area contributed by atoms with Crippen LogP contribution in [0.25, 0.3) is 0 Å². The van der Waals surface area contributed by atoms with Crippen LogP contribution in [0.2, 0.25) is 0 Å². The first-order valence-corrected chi connectivity index (χ1v) is 11.5. The third-order valence-corrected chi connectivity index (χ3v) is 6.57. The zero-order chi connectivity index (χ0) is 22.1. The van der Waals surface area contributed by atoms with Crippen molar-refractivity contribution < 1.29 is 24.5 Å². The van der Waals surface area contributed by atoms with Crippen LogP contribution in [0.3, 0.4) is 0 Å². The van der Waals surface area contributed by atoms with Crippen LogP contribution in [-0.4, -0.2) is 58.8 Å². The zero-order valence-corrected chi connectivity index (χ0v) is 20.9. The number of ether oxygens (including phenoxy) is 1. The fourth-order valence-electron chi connectivity index (χ4n) is 3.10. The van der Waals surface area contributed by atoms with Crippen LogP contribution >= 0.6 is 45.2 Å². The Bertz CT molecular complexity index is 931. The quantitative estimate of drug-likeness (QED) is 0.486. The molecule has 2 aromatic carbocycles. The van der Waals surface area contributed by atoms with Crippen LogP contribution in [-0.2, 0) is 4.79 Å². The number of anilines is 1. The number of nitrogens with zero attached hydrogens (tertiary/aromatic N) is 2. The van der Waals surface area contributed by atoms with Gasteiger partial charge in [0, 0.05) is 37.4 Å². The summed E-state index contributed by atoms with van der Waals surface area (Å²) < 4.78 is 6.86. The lowest BCUT2D eigenvalue weighted by atomic mass is 10.1. The number of benzene rings is 2. The Hall–Kier alpha value is -1.76. The van der Waals surface area contributed by atoms with Crippen LogP contribution in [0.1, 0.15) is 24.2 Å². The van der Waals surface area contributed by atoms with Gasteiger partial charge in [0.1, 0.15) is 11.5 Å². The van der Waals surface area contributed by atoms with E-state index in [4.69, 9.17) is 4.74 Å². The zero-order valence-electron chi connectivity index (χ0n) is 16.6. The molecule has 1 amide bonds. The normalized spacial score (nSPS) is 14.5. The van der Waals surface area contributed by atoms with Gasteiger partial charge < -0.3 is 24.7 Å². The number of piperazine rings is 1. The summed E-state index contributed by atoms with van der Waals surface area (Å²) >= 11 is 4.06. The van der Waals surface area contributed by atoms with Gasteiger partial charge in [-0.05, 0) is 95.4 Å². The number of hydrogen-bond donors (Lipinski definition) is 2. The highest BCUT2D eigenvalue weighted by atomic mass is 127. The molecule has 1 saturated heterocycles. The fraction of sp³-hybridized carbons (Fsp3) is 0.333. The number of hydrogen-bond acceptors (Lipinski definition) is 5. The molecule has 0 radical (unpaired) electrons. The number of phenols is 1. The molecule has 30 heavy (non-hydrogen) atoms. The maximum absolute atomic E-state index is 12.8. The van der Waals surface area contributed by atoms with Crippen molar-refractivity contribution in [1.82, 2.24) is 4.90 Å². The molecule has 2 aromatic rings. The highest BCUT2D eigenvalue weighted by Crippen LogP contribution is 2.28. The number of carboxylic acid groups (broad SMARTS) is 1. The Morgan fingerprint density at radius 3 is 2.03 bits per heavy atom. The van der Waals surface area contributed by atoms with Crippen molar-refractivity contribution in [2.24, 2.45) is 0 Å². The third kappa shape index (κ3) is 5.10. The Balaban J connectivity index is 1.61. The van der Waals surface area contributed by atoms with Gasteiger partial charge in [-0.2, -0.15) is 0 Å². The SMILES string of the molecule is CC(C)(Oc1ccc(N2CCN(C(=O)c3cc(I)c(O)c(I)c3)CC2)cc1)C(=O)O. The van der Waals surface area contributed by atoms with Crippen molar-refractivity contribution in [3.8, 4) is 11.5 Å². The lowest BCUT2D eigenvalue weighted by Gasteiger charge is -2.36. The minimum atomic E-state index is -1.29. The summed E-state index contributed by atoms with van der Waals surface area (Å²) in [4.78, 5) is 28.1. The summed E-state index contributed by atoms with van der Waals surface area (Å²) in [6.45, 7) is 5.59. The van der Waals surface area contributed by atoms with Crippen molar-refractivity contribution >= 4 is 62.7 Å². The molecule has 0 atom stereocenters. The molecule has 1 heterocycles. The van der Waals surface area contributed by atoms with E-state index in [1.807, 2.05) is 62.2 Å². The molecule has 160 valence electrons. The molecule has 0 aromatic heterocycles. The lowest BCUT2D eigenvalue weighted by molar-refractivity contribution is -0.152. The summed E-state index contributed by atoms with van der Waals surface area (Å²) in [5.74, 6) is -0.358. The Morgan fingerprint density at radius 1 is 1.00 bits per heavy atom. The van der Waals surface area contributed by atoms with Gasteiger partial charge in [0.15, 0.2) is 5.60 Å². The number of phenolic OH excluding ortho intramolecular Hbond substituents is 1. The summed E-state index contributed by atoms with van der Waals surface area (Å²) in [7, 11) is 0. The second kappa shape index (κ2) is 9.16. The van der Waals surface area contributed by atoms with Gasteiger partial charge in [0.05, 0.1) is 7.14 Å². The number of aliphatic carboxylic acids is 1. The van der Waals surface area contributed by atoms with E-state index in [1.165, 1.54) is 13.8 Å². The average Bonchev–Trinajstić information content (AvgIpc) is 2.71. The van der Waals surface area contributed by atoms with Crippen LogP contribution in [0, 0.1) is 7.14 Å². The average molecular weight is 636 g/mol. The standard InChI is InChI=1S/C21H22I2N2O5/c1-21(2,20(28)29)30-15-5-3-14(4-6-15)24-7-9-25(10-8-24)19(27)13-11-16(22)18(26)17(23)12-13/h3-6,11-12,26H,7-10H2,1-2H3,(H,28,29). The first kappa shape index (κ1) is 22.9. The summed E-state index contributed by atoms with van der Waals surface area (Å²) in [5.41, 5.74) is 0.283. The first-order chi connectivity index (χ1) is 14.1. The maximum Gasteiger partial charge on any atom is 0.347 e. The molecule has 0 aliphatic carbocycles. The van der Waals surface area contributed by atoms with E-state index in [2.05, 4.69) is 4.90 Å². The van der Waals surface area contributed by atoms with Gasteiger partial charge in [-0.1, -0.05) is 0 Å². The molecule has 1 fully saturated rings. The third-order valence-electron chi connectivity index (χ3n) is 4.92. The number of carbonyl (C=O) groups excluding carboxylic acids is 1. The Morgan fingerprint density at radius 2 is 1.53 bits per heavy atom. The molecule has 1 aliphatic rings. The van der Waals surface area contributed by atoms with Crippen LogP contribution in [0.4, 0.5) is 5.69 Å². The second-order valence-electron chi connectivity index (χ2n) is 7.48. The van der Waals surface area contributed by atoms with Crippen molar-refractivity contribution in [2.75, 3.05) is 31.1 Å².